The molecule has 2 unspecified atom stereocenters. The van der Waals surface area contributed by atoms with E-state index in [2.05, 4.69) is 24.5 Å². The van der Waals surface area contributed by atoms with Gasteiger partial charge >= 0.3 is 0 Å². The minimum Gasteiger partial charge on any atom is -0.330 e. The number of rotatable bonds is 11. The average molecular weight is 417 g/mol. The van der Waals surface area contributed by atoms with Gasteiger partial charge in [0.15, 0.2) is 0 Å². The first kappa shape index (κ1) is 24.0. The third kappa shape index (κ3) is 6.92. The fourth-order valence-electron chi connectivity index (χ4n) is 3.63. The zero-order valence-electron chi connectivity index (χ0n) is 19.2. The summed E-state index contributed by atoms with van der Waals surface area (Å²) in [5.41, 5.74) is 1.38. The Morgan fingerprint density at radius 2 is 1.30 bits per heavy atom. The Morgan fingerprint density at radius 1 is 0.833 bits per heavy atom. The quantitative estimate of drug-likeness (QED) is 0.304. The molecular weight excluding hydrogens is 380 g/mol. The van der Waals surface area contributed by atoms with Crippen molar-refractivity contribution in [3.63, 3.8) is 0 Å². The van der Waals surface area contributed by atoms with Gasteiger partial charge in [-0.3, -0.25) is 19.2 Å². The summed E-state index contributed by atoms with van der Waals surface area (Å²) in [6.45, 7) is 11.7. The Kier molecular flexibility index (Phi) is 7.43. The minimum absolute atomic E-state index is 0.0221. The largest absolute Gasteiger partial charge is 0.330 e. The third-order valence-corrected chi connectivity index (χ3v) is 6.23. The van der Waals surface area contributed by atoms with Gasteiger partial charge in [0.05, 0.1) is 0 Å². The van der Waals surface area contributed by atoms with Crippen LogP contribution in [0.5, 0.6) is 0 Å². The van der Waals surface area contributed by atoms with E-state index in [0.29, 0.717) is 12.1 Å². The molecule has 0 spiro atoms. The molecule has 0 aromatic heterocycles. The van der Waals surface area contributed by atoms with Crippen LogP contribution >= 0.6 is 0 Å². The van der Waals surface area contributed by atoms with Crippen LogP contribution < -0.4 is 10.6 Å². The van der Waals surface area contributed by atoms with E-state index in [1.807, 2.05) is 26.8 Å². The van der Waals surface area contributed by atoms with Crippen LogP contribution in [-0.2, 0) is 19.2 Å². The third-order valence-electron chi connectivity index (χ3n) is 6.23. The highest BCUT2D eigenvalue weighted by Crippen LogP contribution is 2.52. The lowest BCUT2D eigenvalue weighted by molar-refractivity contribution is -0.134. The second kappa shape index (κ2) is 9.27. The molecule has 2 amide bonds. The van der Waals surface area contributed by atoms with Gasteiger partial charge in [-0.2, -0.15) is 0 Å². The van der Waals surface area contributed by atoms with E-state index in [-0.39, 0.29) is 40.9 Å². The number of amides is 2. The maximum Gasteiger partial charge on any atom is 0.227 e. The molecule has 2 aliphatic carbocycles. The first-order valence-electron chi connectivity index (χ1n) is 10.9. The van der Waals surface area contributed by atoms with Crippen molar-refractivity contribution in [1.29, 1.82) is 0 Å². The topological polar surface area (TPSA) is 92.3 Å². The normalized spacial score (nSPS) is 24.1. The van der Waals surface area contributed by atoms with Crippen LogP contribution in [0.25, 0.3) is 0 Å². The van der Waals surface area contributed by atoms with Crippen LogP contribution in [0.3, 0.4) is 0 Å². The van der Waals surface area contributed by atoms with Crippen LogP contribution in [0.15, 0.2) is 23.5 Å². The molecule has 2 aliphatic rings. The van der Waals surface area contributed by atoms with Crippen molar-refractivity contribution in [3.8, 4) is 0 Å². The Bertz CT molecular complexity index is 789. The number of carbonyl (C=O) groups is 4. The number of ketones is 2. The summed E-state index contributed by atoms with van der Waals surface area (Å²) >= 11 is 0. The zero-order chi connectivity index (χ0) is 22.7. The van der Waals surface area contributed by atoms with E-state index in [0.717, 1.165) is 31.4 Å². The van der Waals surface area contributed by atoms with Gasteiger partial charge in [-0.1, -0.05) is 33.8 Å². The second-order valence-electron chi connectivity index (χ2n) is 10.2. The van der Waals surface area contributed by atoms with E-state index in [1.165, 1.54) is 6.08 Å². The molecule has 6 heteroatoms. The molecule has 0 heterocycles. The van der Waals surface area contributed by atoms with Crippen molar-refractivity contribution in [2.45, 2.75) is 80.1 Å². The summed E-state index contributed by atoms with van der Waals surface area (Å²) in [4.78, 5) is 48.1. The summed E-state index contributed by atoms with van der Waals surface area (Å²) in [5, 5.41) is 5.64. The van der Waals surface area contributed by atoms with E-state index in [4.69, 9.17) is 0 Å². The molecule has 2 saturated carbocycles. The molecular formula is C24H36N2O4. The van der Waals surface area contributed by atoms with Gasteiger partial charge in [0.25, 0.3) is 0 Å². The van der Waals surface area contributed by atoms with E-state index < -0.39 is 11.6 Å². The van der Waals surface area contributed by atoms with Gasteiger partial charge < -0.3 is 10.6 Å². The Morgan fingerprint density at radius 3 is 1.77 bits per heavy atom. The number of hydrogen-bond acceptors (Lipinski definition) is 4. The number of hydrogen-bond donors (Lipinski definition) is 2. The Labute approximate surface area is 179 Å². The first-order chi connectivity index (χ1) is 13.8. The van der Waals surface area contributed by atoms with Crippen molar-refractivity contribution in [1.82, 2.24) is 10.6 Å². The summed E-state index contributed by atoms with van der Waals surface area (Å²) in [6, 6.07) is 0. The van der Waals surface area contributed by atoms with Crippen molar-refractivity contribution in [2.24, 2.45) is 22.7 Å². The van der Waals surface area contributed by atoms with Crippen LogP contribution in [0.4, 0.5) is 0 Å². The monoisotopic (exact) mass is 416 g/mol. The van der Waals surface area contributed by atoms with Crippen LogP contribution in [-0.4, -0.2) is 23.4 Å². The number of unbranched alkanes of at least 4 members (excludes halogenated alkanes) is 2. The molecule has 2 fully saturated rings. The molecule has 0 saturated heterocycles. The molecule has 2 rings (SSSR count). The number of allylic oxidation sites excluding steroid dienone is 4. The van der Waals surface area contributed by atoms with Gasteiger partial charge in [0, 0.05) is 35.7 Å². The predicted molar refractivity (Wildman–Crippen MR) is 116 cm³/mol. The van der Waals surface area contributed by atoms with Crippen LogP contribution in [0.2, 0.25) is 0 Å². The lowest BCUT2D eigenvalue weighted by Gasteiger charge is -2.07. The van der Waals surface area contributed by atoms with Gasteiger partial charge in [0.2, 0.25) is 23.4 Å². The van der Waals surface area contributed by atoms with E-state index in [1.54, 1.807) is 6.92 Å². The fraction of sp³-hybridized carbons (Fsp3) is 0.667. The lowest BCUT2D eigenvalue weighted by Crippen LogP contribution is -2.26. The van der Waals surface area contributed by atoms with Crippen molar-refractivity contribution >= 4 is 23.4 Å². The van der Waals surface area contributed by atoms with Gasteiger partial charge in [0.1, 0.15) is 0 Å². The smallest absolute Gasteiger partial charge is 0.227 e. The van der Waals surface area contributed by atoms with Crippen molar-refractivity contribution < 1.29 is 19.2 Å². The predicted octanol–water partition coefficient (Wildman–Crippen LogP) is 3.82. The molecule has 0 aliphatic heterocycles. The molecule has 30 heavy (non-hydrogen) atoms. The standard InChI is InChI=1S/C24H36N2O4/c1-15(25-21(29)17-13-23(17,3)4)10-8-7-9-11-19(27)20(28)12-16(2)26-22(30)18-14-24(18,5)6/h10,12,17-18H,7-9,11,13-14H2,1-6H3,(H,25,29)(H,26,30)/b15-10-,16-12-. The molecule has 0 aromatic rings. The summed E-state index contributed by atoms with van der Waals surface area (Å²) in [5.74, 6) is -0.956. The summed E-state index contributed by atoms with van der Waals surface area (Å²) in [7, 11) is 0. The molecule has 2 atom stereocenters. The number of Topliss-reactive ketones (excluding diaryl/α,β-unsaturated/α-hetero) is 1. The highest BCUT2D eigenvalue weighted by molar-refractivity contribution is 6.41. The maximum atomic E-state index is 12.0. The first-order valence-corrected chi connectivity index (χ1v) is 10.9. The Hall–Kier alpha value is -2.24. The molecule has 0 bridgehead atoms. The maximum absolute atomic E-state index is 12.0. The average Bonchev–Trinajstić information content (AvgIpc) is 3.47. The number of nitrogens with one attached hydrogen (secondary N) is 2. The van der Waals surface area contributed by atoms with Crippen molar-refractivity contribution in [2.75, 3.05) is 0 Å². The summed E-state index contributed by atoms with van der Waals surface area (Å²) < 4.78 is 0. The lowest BCUT2D eigenvalue weighted by atomic mass is 10.1. The van der Waals surface area contributed by atoms with Gasteiger partial charge in [-0.05, 0) is 56.8 Å². The van der Waals surface area contributed by atoms with E-state index in [9.17, 15) is 19.2 Å². The highest BCUT2D eigenvalue weighted by atomic mass is 16.2. The molecule has 0 radical (unpaired) electrons. The van der Waals surface area contributed by atoms with Gasteiger partial charge in [-0.15, -0.1) is 0 Å². The fourth-order valence-corrected chi connectivity index (χ4v) is 3.63. The van der Waals surface area contributed by atoms with E-state index >= 15 is 0 Å². The van der Waals surface area contributed by atoms with Gasteiger partial charge in [-0.25, -0.2) is 0 Å². The zero-order valence-corrected chi connectivity index (χ0v) is 19.2. The minimum atomic E-state index is -0.575. The molecule has 0 aromatic carbocycles. The number of carbonyl (C=O) groups excluding carboxylic acids is 4. The van der Waals surface area contributed by atoms with Crippen LogP contribution in [0, 0.1) is 22.7 Å². The SMILES string of the molecule is C/C(=C/CCCCC(=O)C(=O)/C=C(/C)NC(=O)C1CC1(C)C)NC(=O)C1CC1(C)C. The molecule has 6 nitrogen and oxygen atoms in total. The Balaban J connectivity index is 1.63. The highest BCUT2D eigenvalue weighted by Gasteiger charge is 2.51. The second-order valence-corrected chi connectivity index (χ2v) is 10.2. The molecule has 166 valence electrons. The van der Waals surface area contributed by atoms with Crippen LogP contribution in [0.1, 0.15) is 80.1 Å². The van der Waals surface area contributed by atoms with Crippen molar-refractivity contribution in [3.05, 3.63) is 23.5 Å². The summed E-state index contributed by atoms with van der Waals surface area (Å²) in [6.07, 6.45) is 7.23. The molecule has 2 N–H and O–H groups in total.